The molecule has 0 atom stereocenters. The van der Waals surface area contributed by atoms with Crippen LogP contribution in [0, 0.1) is 13.8 Å². The Morgan fingerprint density at radius 1 is 1.06 bits per heavy atom. The van der Waals surface area contributed by atoms with Crippen LogP contribution in [0.3, 0.4) is 0 Å². The third-order valence-corrected chi connectivity index (χ3v) is 7.94. The summed E-state index contributed by atoms with van der Waals surface area (Å²) in [6.07, 6.45) is 8.39. The third kappa shape index (κ3) is 6.12. The Kier molecular flexibility index (Phi) is 8.63. The quantitative estimate of drug-likeness (QED) is 0.229. The molecule has 1 aromatic carbocycles. The molecule has 1 aromatic heterocycles. The minimum absolute atomic E-state index is 0.244. The number of allylic oxidation sites excluding steroid dienone is 1. The van der Waals surface area contributed by atoms with Crippen molar-refractivity contribution in [2.24, 2.45) is 0 Å². The van der Waals surface area contributed by atoms with Gasteiger partial charge in [-0.3, -0.25) is 4.79 Å². The van der Waals surface area contributed by atoms with Crippen LogP contribution in [0.1, 0.15) is 53.0 Å². The standard InChI is InChI=1S/C26H32N2O5S/c1-4-15-28-20(2)18-24(21(28)3)25(29)19-33-26(30)14-11-22-9-12-23(13-10-22)34(31,32)27-16-7-5-6-8-17-27/h4,9-14,18H,1,5-8,15-17,19H2,2-3H3. The van der Waals surface area contributed by atoms with E-state index in [1.165, 1.54) is 12.2 Å². The van der Waals surface area contributed by atoms with E-state index in [9.17, 15) is 18.0 Å². The van der Waals surface area contributed by atoms with Gasteiger partial charge >= 0.3 is 5.97 Å². The zero-order chi connectivity index (χ0) is 24.7. The lowest BCUT2D eigenvalue weighted by atomic mass is 10.1. The Morgan fingerprint density at radius 2 is 1.71 bits per heavy atom. The molecule has 0 aliphatic carbocycles. The van der Waals surface area contributed by atoms with E-state index in [1.807, 2.05) is 18.4 Å². The molecule has 1 aliphatic rings. The van der Waals surface area contributed by atoms with Gasteiger partial charge in [-0.1, -0.05) is 31.1 Å². The van der Waals surface area contributed by atoms with E-state index in [0.29, 0.717) is 30.8 Å². The molecule has 1 aliphatic heterocycles. The fourth-order valence-corrected chi connectivity index (χ4v) is 5.62. The van der Waals surface area contributed by atoms with Gasteiger partial charge in [0.2, 0.25) is 15.8 Å². The van der Waals surface area contributed by atoms with Crippen LogP contribution < -0.4 is 0 Å². The lowest BCUT2D eigenvalue weighted by Gasteiger charge is -2.19. The Labute approximate surface area is 201 Å². The smallest absolute Gasteiger partial charge is 0.331 e. The van der Waals surface area contributed by atoms with E-state index >= 15 is 0 Å². The van der Waals surface area contributed by atoms with Gasteiger partial charge in [-0.25, -0.2) is 13.2 Å². The maximum absolute atomic E-state index is 12.9. The predicted octanol–water partition coefficient (Wildman–Crippen LogP) is 4.29. The van der Waals surface area contributed by atoms with Crippen molar-refractivity contribution in [2.75, 3.05) is 19.7 Å². The number of ketones is 1. The molecule has 8 heteroatoms. The molecule has 182 valence electrons. The van der Waals surface area contributed by atoms with Crippen LogP contribution in [0.4, 0.5) is 0 Å². The first-order valence-electron chi connectivity index (χ1n) is 11.5. The topological polar surface area (TPSA) is 85.7 Å². The SMILES string of the molecule is C=CCn1c(C)cc(C(=O)COC(=O)C=Cc2ccc(S(=O)(=O)N3CCCCCC3)cc2)c1C. The van der Waals surface area contributed by atoms with Crippen LogP contribution in [0.25, 0.3) is 6.08 Å². The first-order chi connectivity index (χ1) is 16.2. The number of carbonyl (C=O) groups is 2. The van der Waals surface area contributed by atoms with Gasteiger partial charge < -0.3 is 9.30 Å². The van der Waals surface area contributed by atoms with E-state index < -0.39 is 16.0 Å². The second kappa shape index (κ2) is 11.4. The number of sulfonamides is 1. The number of hydrogen-bond donors (Lipinski definition) is 0. The van der Waals surface area contributed by atoms with Crippen LogP contribution in [-0.4, -0.2) is 48.7 Å². The van der Waals surface area contributed by atoms with Gasteiger partial charge in [0, 0.05) is 42.7 Å². The fraction of sp³-hybridized carbons (Fsp3) is 0.385. The second-order valence-electron chi connectivity index (χ2n) is 8.44. The highest BCUT2D eigenvalue weighted by Crippen LogP contribution is 2.21. The summed E-state index contributed by atoms with van der Waals surface area (Å²) in [5.74, 6) is -0.914. The van der Waals surface area contributed by atoms with Gasteiger partial charge in [-0.05, 0) is 56.5 Å². The van der Waals surface area contributed by atoms with Crippen LogP contribution >= 0.6 is 0 Å². The highest BCUT2D eigenvalue weighted by Gasteiger charge is 2.24. The summed E-state index contributed by atoms with van der Waals surface area (Å²) in [6, 6.07) is 8.18. The van der Waals surface area contributed by atoms with E-state index in [4.69, 9.17) is 4.74 Å². The molecular formula is C26H32N2O5S. The van der Waals surface area contributed by atoms with Gasteiger partial charge in [-0.15, -0.1) is 6.58 Å². The monoisotopic (exact) mass is 484 g/mol. The summed E-state index contributed by atoms with van der Waals surface area (Å²) in [4.78, 5) is 24.8. The van der Waals surface area contributed by atoms with Gasteiger partial charge in [0.25, 0.3) is 0 Å². The number of aromatic nitrogens is 1. The maximum atomic E-state index is 12.9. The van der Waals surface area contributed by atoms with E-state index in [-0.39, 0.29) is 17.3 Å². The molecule has 34 heavy (non-hydrogen) atoms. The predicted molar refractivity (Wildman–Crippen MR) is 132 cm³/mol. The first kappa shape index (κ1) is 25.6. The van der Waals surface area contributed by atoms with Gasteiger partial charge in [0.1, 0.15) is 0 Å². The summed E-state index contributed by atoms with van der Waals surface area (Å²) < 4.78 is 34.4. The molecule has 1 fully saturated rings. The lowest BCUT2D eigenvalue weighted by Crippen LogP contribution is -2.31. The summed E-state index contributed by atoms with van der Waals surface area (Å²) >= 11 is 0. The Balaban J connectivity index is 1.57. The molecule has 0 bridgehead atoms. The summed E-state index contributed by atoms with van der Waals surface area (Å²) in [5, 5.41) is 0. The van der Waals surface area contributed by atoms with Crippen molar-refractivity contribution in [3.05, 3.63) is 71.6 Å². The van der Waals surface area contributed by atoms with Crippen molar-refractivity contribution in [1.82, 2.24) is 8.87 Å². The van der Waals surface area contributed by atoms with Crippen molar-refractivity contribution >= 4 is 27.9 Å². The van der Waals surface area contributed by atoms with Crippen LogP contribution in [-0.2, 0) is 26.1 Å². The maximum Gasteiger partial charge on any atom is 0.331 e. The van der Waals surface area contributed by atoms with Crippen molar-refractivity contribution in [3.8, 4) is 0 Å². The summed E-state index contributed by atoms with van der Waals surface area (Å²) in [6.45, 7) is 8.83. The Morgan fingerprint density at radius 3 is 2.32 bits per heavy atom. The molecule has 1 saturated heterocycles. The average Bonchev–Trinajstić information content (AvgIpc) is 3.01. The fourth-order valence-electron chi connectivity index (χ4n) is 4.10. The number of rotatable bonds is 9. The molecule has 0 radical (unpaired) electrons. The molecule has 0 spiro atoms. The zero-order valence-corrected chi connectivity index (χ0v) is 20.6. The number of esters is 1. The summed E-state index contributed by atoms with van der Waals surface area (Å²) in [7, 11) is -3.51. The minimum atomic E-state index is -3.51. The van der Waals surface area contributed by atoms with Crippen molar-refractivity contribution in [2.45, 2.75) is 51.0 Å². The molecule has 2 aromatic rings. The molecule has 0 N–H and O–H groups in total. The third-order valence-electron chi connectivity index (χ3n) is 6.03. The van der Waals surface area contributed by atoms with Crippen LogP contribution in [0.5, 0.6) is 0 Å². The van der Waals surface area contributed by atoms with E-state index in [2.05, 4.69) is 6.58 Å². The molecule has 2 heterocycles. The number of aryl methyl sites for hydroxylation is 1. The summed E-state index contributed by atoms with van der Waals surface area (Å²) in [5.41, 5.74) is 2.93. The lowest BCUT2D eigenvalue weighted by molar-refractivity contribution is -0.136. The van der Waals surface area contributed by atoms with Crippen molar-refractivity contribution < 1.29 is 22.7 Å². The molecule has 7 nitrogen and oxygen atoms in total. The van der Waals surface area contributed by atoms with Crippen molar-refractivity contribution in [1.29, 1.82) is 0 Å². The van der Waals surface area contributed by atoms with Crippen LogP contribution in [0.2, 0.25) is 0 Å². The molecular weight excluding hydrogens is 452 g/mol. The van der Waals surface area contributed by atoms with Gasteiger partial charge in [0.15, 0.2) is 6.61 Å². The number of nitrogens with zero attached hydrogens (tertiary/aromatic N) is 2. The highest BCUT2D eigenvalue weighted by atomic mass is 32.2. The first-order valence-corrected chi connectivity index (χ1v) is 12.9. The largest absolute Gasteiger partial charge is 0.454 e. The normalized spacial score (nSPS) is 15.2. The Hall–Kier alpha value is -2.97. The highest BCUT2D eigenvalue weighted by molar-refractivity contribution is 7.89. The van der Waals surface area contributed by atoms with E-state index in [0.717, 1.165) is 37.1 Å². The zero-order valence-electron chi connectivity index (χ0n) is 19.8. The number of benzene rings is 1. The van der Waals surface area contributed by atoms with Crippen molar-refractivity contribution in [3.63, 3.8) is 0 Å². The van der Waals surface area contributed by atoms with Crippen LogP contribution in [0.15, 0.2) is 54.0 Å². The minimum Gasteiger partial charge on any atom is -0.454 e. The average molecular weight is 485 g/mol. The Bertz CT molecular complexity index is 1170. The van der Waals surface area contributed by atoms with E-state index in [1.54, 1.807) is 40.7 Å². The number of hydrogen-bond acceptors (Lipinski definition) is 5. The number of Topliss-reactive ketones (excluding diaryl/α,β-unsaturated/α-hetero) is 1. The molecule has 0 unspecified atom stereocenters. The second-order valence-corrected chi connectivity index (χ2v) is 10.4. The molecule has 0 amide bonds. The van der Waals surface area contributed by atoms with Gasteiger partial charge in [0.05, 0.1) is 4.90 Å². The number of ether oxygens (including phenoxy) is 1. The molecule has 0 saturated carbocycles. The van der Waals surface area contributed by atoms with Gasteiger partial charge in [-0.2, -0.15) is 4.31 Å². The molecule has 3 rings (SSSR count). The number of carbonyl (C=O) groups excluding carboxylic acids is 2.